The molecule has 1 aliphatic heterocycles. The second kappa shape index (κ2) is 9.56. The Morgan fingerprint density at radius 3 is 2.34 bits per heavy atom. The standard InChI is InChI=1S/C23H24N4O2/c24-15-20(16-26-21-8-6-19(7-9-21)22(25)28)23(29)27-12-10-18(11-13-27)14-17-4-2-1-3-5-17/h1-9,16,18,26H,10-14H2,(H2,25,28)/b20-16-. The maximum Gasteiger partial charge on any atom is 0.266 e. The first-order chi connectivity index (χ1) is 14.1. The quantitative estimate of drug-likeness (QED) is 0.587. The number of nitrogens with zero attached hydrogens (tertiary/aromatic N) is 2. The normalized spacial score (nSPS) is 14.9. The van der Waals surface area contributed by atoms with Gasteiger partial charge in [-0.05, 0) is 55.0 Å². The van der Waals surface area contributed by atoms with Crippen LogP contribution in [0.5, 0.6) is 0 Å². The van der Waals surface area contributed by atoms with Crippen LogP contribution in [0.2, 0.25) is 0 Å². The van der Waals surface area contributed by atoms with E-state index in [1.807, 2.05) is 24.3 Å². The number of anilines is 1. The first-order valence-corrected chi connectivity index (χ1v) is 9.66. The lowest BCUT2D eigenvalue weighted by Gasteiger charge is -2.32. The predicted molar refractivity (Wildman–Crippen MR) is 112 cm³/mol. The third-order valence-corrected chi connectivity index (χ3v) is 5.17. The van der Waals surface area contributed by atoms with Crippen molar-refractivity contribution >= 4 is 17.5 Å². The monoisotopic (exact) mass is 388 g/mol. The molecule has 0 unspecified atom stereocenters. The van der Waals surface area contributed by atoms with E-state index in [0.29, 0.717) is 30.3 Å². The molecular weight excluding hydrogens is 364 g/mol. The highest BCUT2D eigenvalue weighted by Gasteiger charge is 2.25. The van der Waals surface area contributed by atoms with Crippen LogP contribution in [0.1, 0.15) is 28.8 Å². The van der Waals surface area contributed by atoms with Gasteiger partial charge >= 0.3 is 0 Å². The Morgan fingerprint density at radius 2 is 1.76 bits per heavy atom. The molecule has 2 amide bonds. The first-order valence-electron chi connectivity index (χ1n) is 9.66. The summed E-state index contributed by atoms with van der Waals surface area (Å²) in [6.45, 7) is 1.31. The van der Waals surface area contributed by atoms with Gasteiger partial charge in [0.25, 0.3) is 5.91 Å². The first kappa shape index (κ1) is 20.2. The average Bonchev–Trinajstić information content (AvgIpc) is 2.75. The zero-order valence-electron chi connectivity index (χ0n) is 16.2. The third-order valence-electron chi connectivity index (χ3n) is 5.17. The third kappa shape index (κ3) is 5.45. The number of carbonyl (C=O) groups excluding carboxylic acids is 2. The van der Waals surface area contributed by atoms with E-state index in [4.69, 9.17) is 5.73 Å². The molecule has 0 atom stereocenters. The van der Waals surface area contributed by atoms with E-state index >= 15 is 0 Å². The fourth-order valence-electron chi connectivity index (χ4n) is 3.49. The second-order valence-corrected chi connectivity index (χ2v) is 7.18. The number of piperidine rings is 1. The molecule has 0 saturated carbocycles. The lowest BCUT2D eigenvalue weighted by molar-refractivity contribution is -0.128. The molecule has 148 valence electrons. The van der Waals surface area contributed by atoms with Crippen molar-refractivity contribution in [1.82, 2.24) is 4.90 Å². The van der Waals surface area contributed by atoms with Crippen LogP contribution in [-0.2, 0) is 11.2 Å². The van der Waals surface area contributed by atoms with E-state index in [0.717, 1.165) is 19.3 Å². The van der Waals surface area contributed by atoms with Crippen molar-refractivity contribution in [3.8, 4) is 6.07 Å². The van der Waals surface area contributed by atoms with Gasteiger partial charge in [0.05, 0.1) is 0 Å². The minimum absolute atomic E-state index is 0.0606. The van der Waals surface area contributed by atoms with Crippen LogP contribution in [0.25, 0.3) is 0 Å². The number of likely N-dealkylation sites (tertiary alicyclic amines) is 1. The van der Waals surface area contributed by atoms with Gasteiger partial charge in [-0.1, -0.05) is 30.3 Å². The van der Waals surface area contributed by atoms with Crippen LogP contribution >= 0.6 is 0 Å². The molecule has 0 aromatic heterocycles. The summed E-state index contributed by atoms with van der Waals surface area (Å²) < 4.78 is 0. The number of nitrogens with one attached hydrogen (secondary N) is 1. The number of primary amides is 1. The van der Waals surface area contributed by atoms with Gasteiger partial charge in [0, 0.05) is 30.5 Å². The minimum Gasteiger partial charge on any atom is -0.366 e. The number of hydrogen-bond acceptors (Lipinski definition) is 4. The fourth-order valence-corrected chi connectivity index (χ4v) is 3.49. The van der Waals surface area contributed by atoms with E-state index in [1.165, 1.54) is 11.8 Å². The smallest absolute Gasteiger partial charge is 0.266 e. The molecule has 3 N–H and O–H groups in total. The molecule has 0 aliphatic carbocycles. The zero-order chi connectivity index (χ0) is 20.6. The van der Waals surface area contributed by atoms with Crippen molar-refractivity contribution in [1.29, 1.82) is 5.26 Å². The number of nitriles is 1. The Morgan fingerprint density at radius 1 is 1.10 bits per heavy atom. The van der Waals surface area contributed by atoms with Crippen LogP contribution in [-0.4, -0.2) is 29.8 Å². The lowest BCUT2D eigenvalue weighted by Crippen LogP contribution is -2.39. The maximum absolute atomic E-state index is 12.7. The highest BCUT2D eigenvalue weighted by molar-refractivity contribution is 5.97. The summed E-state index contributed by atoms with van der Waals surface area (Å²) in [7, 11) is 0. The number of rotatable bonds is 6. The molecule has 0 spiro atoms. The highest BCUT2D eigenvalue weighted by Crippen LogP contribution is 2.22. The Bertz CT molecular complexity index is 922. The SMILES string of the molecule is N#C/C(=C/Nc1ccc(C(N)=O)cc1)C(=O)N1CCC(Cc2ccccc2)CC1. The van der Waals surface area contributed by atoms with Gasteiger partial charge in [-0.2, -0.15) is 5.26 Å². The molecule has 3 rings (SSSR count). The highest BCUT2D eigenvalue weighted by atomic mass is 16.2. The van der Waals surface area contributed by atoms with Crippen molar-refractivity contribution in [3.05, 3.63) is 77.5 Å². The van der Waals surface area contributed by atoms with Crippen molar-refractivity contribution in [3.63, 3.8) is 0 Å². The van der Waals surface area contributed by atoms with E-state index in [1.54, 1.807) is 29.2 Å². The summed E-state index contributed by atoms with van der Waals surface area (Å²) in [6.07, 6.45) is 4.30. The van der Waals surface area contributed by atoms with Gasteiger partial charge in [-0.25, -0.2) is 0 Å². The summed E-state index contributed by atoms with van der Waals surface area (Å²) in [6, 6.07) is 18.9. The van der Waals surface area contributed by atoms with Crippen molar-refractivity contribution in [2.45, 2.75) is 19.3 Å². The zero-order valence-corrected chi connectivity index (χ0v) is 16.2. The summed E-state index contributed by atoms with van der Waals surface area (Å²) in [5.74, 6) is -0.208. The second-order valence-electron chi connectivity index (χ2n) is 7.18. The summed E-state index contributed by atoms with van der Waals surface area (Å²) >= 11 is 0. The largest absolute Gasteiger partial charge is 0.366 e. The minimum atomic E-state index is -0.504. The molecule has 0 bridgehead atoms. The maximum atomic E-state index is 12.7. The fraction of sp³-hybridized carbons (Fsp3) is 0.261. The Labute approximate surface area is 170 Å². The molecular formula is C23H24N4O2. The van der Waals surface area contributed by atoms with Crippen LogP contribution in [0, 0.1) is 17.2 Å². The van der Waals surface area contributed by atoms with Gasteiger partial charge < -0.3 is 16.0 Å². The number of amides is 2. The Hall–Kier alpha value is -3.59. The van der Waals surface area contributed by atoms with Crippen molar-refractivity contribution in [2.75, 3.05) is 18.4 Å². The van der Waals surface area contributed by atoms with Gasteiger partial charge in [0.2, 0.25) is 5.91 Å². The molecule has 2 aromatic rings. The average molecular weight is 388 g/mol. The number of carbonyl (C=O) groups is 2. The van der Waals surface area contributed by atoms with Crippen LogP contribution in [0.3, 0.4) is 0 Å². The predicted octanol–water partition coefficient (Wildman–Crippen LogP) is 3.09. The van der Waals surface area contributed by atoms with Gasteiger partial charge in [0.15, 0.2) is 0 Å². The molecule has 6 nitrogen and oxygen atoms in total. The van der Waals surface area contributed by atoms with E-state index < -0.39 is 5.91 Å². The molecule has 1 fully saturated rings. The molecule has 6 heteroatoms. The van der Waals surface area contributed by atoms with E-state index in [9.17, 15) is 14.9 Å². The summed E-state index contributed by atoms with van der Waals surface area (Å²) in [4.78, 5) is 25.5. The molecule has 1 aliphatic rings. The van der Waals surface area contributed by atoms with Gasteiger partial charge in [-0.15, -0.1) is 0 Å². The lowest BCUT2D eigenvalue weighted by atomic mass is 9.90. The van der Waals surface area contributed by atoms with Crippen LogP contribution in [0.4, 0.5) is 5.69 Å². The molecule has 1 saturated heterocycles. The summed E-state index contributed by atoms with van der Waals surface area (Å²) in [5, 5.41) is 12.3. The van der Waals surface area contributed by atoms with Crippen molar-refractivity contribution in [2.24, 2.45) is 11.7 Å². The molecule has 29 heavy (non-hydrogen) atoms. The van der Waals surface area contributed by atoms with Gasteiger partial charge in [0.1, 0.15) is 11.6 Å². The van der Waals surface area contributed by atoms with Crippen LogP contribution in [0.15, 0.2) is 66.4 Å². The Kier molecular flexibility index (Phi) is 6.64. The number of nitrogens with two attached hydrogens (primary N) is 1. The topological polar surface area (TPSA) is 99.2 Å². The van der Waals surface area contributed by atoms with Crippen LogP contribution < -0.4 is 11.1 Å². The Balaban J connectivity index is 1.55. The molecule has 2 aromatic carbocycles. The molecule has 1 heterocycles. The number of benzene rings is 2. The number of hydrogen-bond donors (Lipinski definition) is 2. The van der Waals surface area contributed by atoms with E-state index in [-0.39, 0.29) is 11.5 Å². The molecule has 0 radical (unpaired) electrons. The van der Waals surface area contributed by atoms with Gasteiger partial charge in [-0.3, -0.25) is 9.59 Å². The van der Waals surface area contributed by atoms with E-state index in [2.05, 4.69) is 17.4 Å². The summed E-state index contributed by atoms with van der Waals surface area (Å²) in [5.41, 5.74) is 7.66. The van der Waals surface area contributed by atoms with Crippen molar-refractivity contribution < 1.29 is 9.59 Å².